The summed E-state index contributed by atoms with van der Waals surface area (Å²) in [5.74, 6) is 0.727. The number of piperidine rings is 1. The normalized spacial score (nSPS) is 18.6. The lowest BCUT2D eigenvalue weighted by Crippen LogP contribution is -2.40. The molecule has 0 bridgehead atoms. The van der Waals surface area contributed by atoms with Gasteiger partial charge in [-0.15, -0.1) is 12.4 Å². The van der Waals surface area contributed by atoms with Gasteiger partial charge in [0.25, 0.3) is 0 Å². The second kappa shape index (κ2) is 9.13. The highest BCUT2D eigenvalue weighted by Crippen LogP contribution is 2.19. The van der Waals surface area contributed by atoms with Crippen molar-refractivity contribution >= 4 is 24.0 Å². The molecular weight excluding hydrogens is 298 g/mol. The number of carbonyl (C=O) groups excluding carboxylic acids is 1. The summed E-state index contributed by atoms with van der Waals surface area (Å²) < 4.78 is 0. The summed E-state index contributed by atoms with van der Waals surface area (Å²) in [4.78, 5) is 14.4. The van der Waals surface area contributed by atoms with Crippen molar-refractivity contribution in [1.82, 2.24) is 4.90 Å². The van der Waals surface area contributed by atoms with E-state index >= 15 is 0 Å². The van der Waals surface area contributed by atoms with Gasteiger partial charge in [-0.1, -0.05) is 6.07 Å². The van der Waals surface area contributed by atoms with E-state index in [1.807, 2.05) is 18.2 Å². The number of aryl methyl sites for hydroxylation is 2. The Morgan fingerprint density at radius 2 is 2.14 bits per heavy atom. The van der Waals surface area contributed by atoms with E-state index in [4.69, 9.17) is 5.73 Å². The lowest BCUT2D eigenvalue weighted by Gasteiger charge is -2.32. The number of nitrogens with one attached hydrogen (secondary N) is 1. The van der Waals surface area contributed by atoms with Crippen molar-refractivity contribution in [1.29, 1.82) is 0 Å². The van der Waals surface area contributed by atoms with E-state index in [2.05, 4.69) is 24.1 Å². The molecule has 1 amide bonds. The van der Waals surface area contributed by atoms with Crippen molar-refractivity contribution in [3.63, 3.8) is 0 Å². The molecule has 1 unspecified atom stereocenters. The van der Waals surface area contributed by atoms with Crippen LogP contribution in [0.1, 0.15) is 30.4 Å². The summed E-state index contributed by atoms with van der Waals surface area (Å²) in [6.07, 6.45) is 3.48. The van der Waals surface area contributed by atoms with Crippen molar-refractivity contribution in [3.05, 3.63) is 29.3 Å². The largest absolute Gasteiger partial charge is 0.330 e. The SMILES string of the molecule is Cc1ccc(NC(=O)CN2CCCC(CCN)C2)cc1C.Cl. The Kier molecular flexibility index (Phi) is 7.87. The van der Waals surface area contributed by atoms with Gasteiger partial charge in [0.1, 0.15) is 0 Å². The van der Waals surface area contributed by atoms with Gasteiger partial charge < -0.3 is 11.1 Å². The van der Waals surface area contributed by atoms with Crippen LogP contribution in [0.3, 0.4) is 0 Å². The van der Waals surface area contributed by atoms with E-state index in [0.717, 1.165) is 31.7 Å². The van der Waals surface area contributed by atoms with Crippen molar-refractivity contribution in [2.75, 3.05) is 31.5 Å². The molecule has 1 heterocycles. The van der Waals surface area contributed by atoms with Crippen LogP contribution >= 0.6 is 12.4 Å². The highest BCUT2D eigenvalue weighted by atomic mass is 35.5. The second-order valence-corrected chi connectivity index (χ2v) is 6.17. The van der Waals surface area contributed by atoms with Gasteiger partial charge in [0.15, 0.2) is 0 Å². The summed E-state index contributed by atoms with van der Waals surface area (Å²) in [6.45, 7) is 7.37. The van der Waals surface area contributed by atoms with E-state index in [1.54, 1.807) is 0 Å². The lowest BCUT2D eigenvalue weighted by molar-refractivity contribution is -0.117. The van der Waals surface area contributed by atoms with Crippen LogP contribution in [-0.4, -0.2) is 37.0 Å². The van der Waals surface area contributed by atoms with E-state index in [1.165, 1.54) is 24.0 Å². The lowest BCUT2D eigenvalue weighted by atomic mass is 9.95. The molecule has 1 aliphatic rings. The number of halogens is 1. The Hall–Kier alpha value is -1.10. The van der Waals surface area contributed by atoms with Gasteiger partial charge in [0.2, 0.25) is 5.91 Å². The maximum atomic E-state index is 12.2. The van der Waals surface area contributed by atoms with Gasteiger partial charge in [-0.25, -0.2) is 0 Å². The first-order valence-electron chi connectivity index (χ1n) is 7.88. The third kappa shape index (κ3) is 5.59. The minimum Gasteiger partial charge on any atom is -0.330 e. The Morgan fingerprint density at radius 3 is 2.82 bits per heavy atom. The number of nitrogens with two attached hydrogens (primary N) is 1. The molecule has 3 N–H and O–H groups in total. The Labute approximate surface area is 139 Å². The summed E-state index contributed by atoms with van der Waals surface area (Å²) in [5, 5.41) is 3.00. The van der Waals surface area contributed by atoms with Gasteiger partial charge in [-0.05, 0) is 75.4 Å². The predicted molar refractivity (Wildman–Crippen MR) is 94.6 cm³/mol. The zero-order valence-electron chi connectivity index (χ0n) is 13.6. The molecule has 0 radical (unpaired) electrons. The molecule has 1 aliphatic heterocycles. The van der Waals surface area contributed by atoms with Crippen LogP contribution < -0.4 is 11.1 Å². The molecule has 1 aromatic rings. The van der Waals surface area contributed by atoms with Gasteiger partial charge >= 0.3 is 0 Å². The monoisotopic (exact) mass is 325 g/mol. The van der Waals surface area contributed by atoms with Crippen LogP contribution in [0.25, 0.3) is 0 Å². The Bertz CT molecular complexity index is 491. The molecule has 22 heavy (non-hydrogen) atoms. The summed E-state index contributed by atoms with van der Waals surface area (Å²) in [5.41, 5.74) is 8.97. The zero-order chi connectivity index (χ0) is 15.2. The van der Waals surface area contributed by atoms with Crippen LogP contribution in [0.4, 0.5) is 5.69 Å². The first-order chi connectivity index (χ1) is 10.1. The number of rotatable bonds is 5. The third-order valence-electron chi connectivity index (χ3n) is 4.34. The third-order valence-corrected chi connectivity index (χ3v) is 4.34. The fraction of sp³-hybridized carbons (Fsp3) is 0.588. The second-order valence-electron chi connectivity index (χ2n) is 6.17. The minimum absolute atomic E-state index is 0. The fourth-order valence-electron chi connectivity index (χ4n) is 2.99. The molecule has 0 spiro atoms. The summed E-state index contributed by atoms with van der Waals surface area (Å²) in [7, 11) is 0. The van der Waals surface area contributed by atoms with Crippen molar-refractivity contribution in [3.8, 4) is 0 Å². The topological polar surface area (TPSA) is 58.4 Å². The van der Waals surface area contributed by atoms with Crippen LogP contribution in [-0.2, 0) is 4.79 Å². The van der Waals surface area contributed by atoms with Crippen LogP contribution in [0.2, 0.25) is 0 Å². The molecule has 0 saturated carbocycles. The molecule has 4 nitrogen and oxygen atoms in total. The molecular formula is C17H28ClN3O. The molecule has 1 saturated heterocycles. The number of hydrogen-bond acceptors (Lipinski definition) is 3. The van der Waals surface area contributed by atoms with Crippen molar-refractivity contribution < 1.29 is 4.79 Å². The molecule has 0 aromatic heterocycles. The predicted octanol–water partition coefficient (Wildman–Crippen LogP) is 2.72. The number of carbonyl (C=O) groups is 1. The highest BCUT2D eigenvalue weighted by molar-refractivity contribution is 5.92. The molecule has 2 rings (SSSR count). The molecule has 1 fully saturated rings. The van der Waals surface area contributed by atoms with E-state index in [-0.39, 0.29) is 18.3 Å². The van der Waals surface area contributed by atoms with E-state index in [0.29, 0.717) is 12.5 Å². The van der Waals surface area contributed by atoms with Gasteiger partial charge in [-0.3, -0.25) is 9.69 Å². The van der Waals surface area contributed by atoms with Crippen LogP contribution in [0, 0.1) is 19.8 Å². The van der Waals surface area contributed by atoms with Crippen LogP contribution in [0.15, 0.2) is 18.2 Å². The number of amides is 1. The quantitative estimate of drug-likeness (QED) is 0.875. The minimum atomic E-state index is 0. The smallest absolute Gasteiger partial charge is 0.238 e. The Balaban J connectivity index is 0.00000242. The molecule has 1 atom stereocenters. The first kappa shape index (κ1) is 18.9. The number of anilines is 1. The number of benzene rings is 1. The number of nitrogens with zero attached hydrogens (tertiary/aromatic N) is 1. The average molecular weight is 326 g/mol. The molecule has 0 aliphatic carbocycles. The summed E-state index contributed by atoms with van der Waals surface area (Å²) >= 11 is 0. The molecule has 5 heteroatoms. The Morgan fingerprint density at radius 1 is 1.36 bits per heavy atom. The highest BCUT2D eigenvalue weighted by Gasteiger charge is 2.21. The first-order valence-corrected chi connectivity index (χ1v) is 7.88. The zero-order valence-corrected chi connectivity index (χ0v) is 14.4. The standard InChI is InChI=1S/C17H27N3O.ClH/c1-13-5-6-16(10-14(13)2)19-17(21)12-20-9-3-4-15(11-20)7-8-18;/h5-6,10,15H,3-4,7-9,11-12,18H2,1-2H3,(H,19,21);1H. The van der Waals surface area contributed by atoms with Gasteiger partial charge in [0, 0.05) is 12.2 Å². The van der Waals surface area contributed by atoms with E-state index in [9.17, 15) is 4.79 Å². The van der Waals surface area contributed by atoms with Gasteiger partial charge in [-0.2, -0.15) is 0 Å². The fourth-order valence-corrected chi connectivity index (χ4v) is 2.99. The van der Waals surface area contributed by atoms with Crippen molar-refractivity contribution in [2.45, 2.75) is 33.1 Å². The maximum absolute atomic E-state index is 12.2. The van der Waals surface area contributed by atoms with Crippen molar-refractivity contribution in [2.24, 2.45) is 11.7 Å². The van der Waals surface area contributed by atoms with Crippen LogP contribution in [0.5, 0.6) is 0 Å². The number of likely N-dealkylation sites (tertiary alicyclic amines) is 1. The number of hydrogen-bond donors (Lipinski definition) is 2. The molecule has 124 valence electrons. The maximum Gasteiger partial charge on any atom is 0.238 e. The molecule has 1 aromatic carbocycles. The summed E-state index contributed by atoms with van der Waals surface area (Å²) in [6, 6.07) is 6.04. The van der Waals surface area contributed by atoms with Gasteiger partial charge in [0.05, 0.1) is 6.54 Å². The average Bonchev–Trinajstić information content (AvgIpc) is 2.43. The van der Waals surface area contributed by atoms with E-state index < -0.39 is 0 Å².